The molecule has 0 atom stereocenters. The van der Waals surface area contributed by atoms with Crippen LogP contribution in [0.4, 0.5) is 18.9 Å². The summed E-state index contributed by atoms with van der Waals surface area (Å²) in [7, 11) is -3.87. The Kier molecular flexibility index (Phi) is 8.18. The van der Waals surface area contributed by atoms with Crippen molar-refractivity contribution >= 4 is 21.8 Å². The maximum absolute atomic E-state index is 12.1. The van der Waals surface area contributed by atoms with Gasteiger partial charge in [0.1, 0.15) is 5.97 Å². The molecule has 0 unspecified atom stereocenters. The van der Waals surface area contributed by atoms with Crippen molar-refractivity contribution in [1.29, 1.82) is 5.39 Å². The van der Waals surface area contributed by atoms with Gasteiger partial charge in [0.2, 0.25) is 5.39 Å². The van der Waals surface area contributed by atoms with Gasteiger partial charge in [-0.25, -0.2) is 0 Å². The second-order valence-corrected chi connectivity index (χ2v) is 7.66. The van der Waals surface area contributed by atoms with Crippen LogP contribution >= 0.6 is 0 Å². The van der Waals surface area contributed by atoms with E-state index in [9.17, 15) is 21.6 Å². The minimum Gasteiger partial charge on any atom is -0.542 e. The molecule has 0 radical (unpaired) electrons. The molecule has 27 heavy (non-hydrogen) atoms. The Bertz CT molecular complexity index is 797. The van der Waals surface area contributed by atoms with Gasteiger partial charge in [-0.2, -0.15) is 21.6 Å². The van der Waals surface area contributed by atoms with Crippen LogP contribution in [-0.2, 0) is 19.1 Å². The fourth-order valence-electron chi connectivity index (χ4n) is 2.60. The van der Waals surface area contributed by atoms with Crippen LogP contribution in [0, 0.1) is 18.2 Å². The molecule has 1 aliphatic rings. The molecular formula is C16H19F3N2O5S. The van der Waals surface area contributed by atoms with Crippen molar-refractivity contribution in [2.45, 2.75) is 50.1 Å². The summed E-state index contributed by atoms with van der Waals surface area (Å²) >= 11 is 0. The summed E-state index contributed by atoms with van der Waals surface area (Å²) < 4.78 is 60.8. The molecule has 0 aromatic heterocycles. The SMILES string of the molecule is Cc1ccc(S(=O)(=O)OCCC2CCCC2)c([N+]#N)c1.O=C([O-])C(F)(F)F. The summed E-state index contributed by atoms with van der Waals surface area (Å²) in [6.45, 7) is 1.98. The van der Waals surface area contributed by atoms with E-state index in [1.54, 1.807) is 13.0 Å². The molecule has 1 aliphatic carbocycles. The van der Waals surface area contributed by atoms with E-state index < -0.39 is 22.3 Å². The Morgan fingerprint density at radius 1 is 1.33 bits per heavy atom. The summed E-state index contributed by atoms with van der Waals surface area (Å²) in [6.07, 6.45) is 0.332. The molecular weight excluding hydrogens is 389 g/mol. The number of carbonyl (C=O) groups is 1. The standard InChI is InChI=1S/C14H19N2O3S.C2HF3O2/c1-11-6-7-14(13(10-11)16-15)20(17,18)19-9-8-12-4-2-3-5-12;3-2(4,5)1(6)7/h6-7,10,12H,2-5,8-9H2,1H3;(H,6,7)/q+1;/p-1. The highest BCUT2D eigenvalue weighted by molar-refractivity contribution is 7.87. The van der Waals surface area contributed by atoms with Crippen molar-refractivity contribution < 1.29 is 35.7 Å². The van der Waals surface area contributed by atoms with Crippen molar-refractivity contribution in [2.75, 3.05) is 6.61 Å². The number of nitrogens with zero attached hydrogens (tertiary/aromatic N) is 2. The molecule has 0 bridgehead atoms. The van der Waals surface area contributed by atoms with Gasteiger partial charge in [0, 0.05) is 6.07 Å². The maximum atomic E-state index is 12.1. The molecule has 0 heterocycles. The number of carboxylic acid groups (broad SMARTS) is 1. The summed E-state index contributed by atoms with van der Waals surface area (Å²) in [5.41, 5.74) is 0.841. The van der Waals surface area contributed by atoms with Gasteiger partial charge in [0.15, 0.2) is 9.87 Å². The number of aryl methyl sites for hydroxylation is 1. The van der Waals surface area contributed by atoms with Crippen LogP contribution in [0.25, 0.3) is 4.98 Å². The molecule has 0 spiro atoms. The number of benzene rings is 1. The fourth-order valence-corrected chi connectivity index (χ4v) is 3.64. The van der Waals surface area contributed by atoms with Gasteiger partial charge in [-0.3, -0.25) is 4.18 Å². The average molecular weight is 408 g/mol. The van der Waals surface area contributed by atoms with Gasteiger partial charge in [-0.05, 0) is 30.9 Å². The molecule has 1 aromatic rings. The number of carbonyl (C=O) groups excluding carboxylic acids is 1. The second kappa shape index (κ2) is 9.66. The van der Waals surface area contributed by atoms with Crippen LogP contribution in [0.1, 0.15) is 37.7 Å². The molecule has 2 rings (SSSR count). The van der Waals surface area contributed by atoms with Gasteiger partial charge >= 0.3 is 22.0 Å². The Labute approximate surface area is 154 Å². The minimum absolute atomic E-state index is 0.0193. The third-order valence-electron chi connectivity index (χ3n) is 3.96. The van der Waals surface area contributed by atoms with E-state index in [4.69, 9.17) is 19.5 Å². The Balaban J connectivity index is 0.000000445. The van der Waals surface area contributed by atoms with Gasteiger partial charge in [0.05, 0.1) is 6.61 Å². The van der Waals surface area contributed by atoms with Crippen molar-refractivity contribution in [3.05, 3.63) is 28.7 Å². The van der Waals surface area contributed by atoms with Crippen molar-refractivity contribution in [2.24, 2.45) is 5.92 Å². The molecule has 0 amide bonds. The van der Waals surface area contributed by atoms with E-state index in [2.05, 4.69) is 4.98 Å². The predicted octanol–water partition coefficient (Wildman–Crippen LogP) is 3.06. The van der Waals surface area contributed by atoms with E-state index in [1.165, 1.54) is 25.0 Å². The van der Waals surface area contributed by atoms with Gasteiger partial charge < -0.3 is 9.90 Å². The van der Waals surface area contributed by atoms with E-state index in [0.29, 0.717) is 5.92 Å². The van der Waals surface area contributed by atoms with E-state index >= 15 is 0 Å². The third-order valence-corrected chi connectivity index (χ3v) is 5.32. The van der Waals surface area contributed by atoms with Crippen LogP contribution in [0.15, 0.2) is 23.1 Å². The number of diazo groups is 1. The molecule has 1 fully saturated rings. The topological polar surface area (TPSA) is 112 Å². The molecule has 1 aromatic carbocycles. The molecule has 7 nitrogen and oxygen atoms in total. The fraction of sp³-hybridized carbons (Fsp3) is 0.562. The number of rotatable bonds is 5. The van der Waals surface area contributed by atoms with Gasteiger partial charge in [0.25, 0.3) is 0 Å². The van der Waals surface area contributed by atoms with Crippen molar-refractivity contribution in [1.82, 2.24) is 0 Å². The zero-order valence-corrected chi connectivity index (χ0v) is 15.3. The number of carboxylic acids is 1. The molecule has 1 saturated carbocycles. The molecule has 0 aliphatic heterocycles. The summed E-state index contributed by atoms with van der Waals surface area (Å²) in [6, 6.07) is 4.57. The van der Waals surface area contributed by atoms with Crippen LogP contribution in [0.2, 0.25) is 0 Å². The van der Waals surface area contributed by atoms with E-state index in [-0.39, 0.29) is 17.2 Å². The number of alkyl halides is 3. The lowest BCUT2D eigenvalue weighted by molar-refractivity contribution is -0.344. The smallest absolute Gasteiger partial charge is 0.430 e. The zero-order valence-electron chi connectivity index (χ0n) is 14.5. The number of hydrogen-bond donors (Lipinski definition) is 0. The van der Waals surface area contributed by atoms with Crippen LogP contribution in [0.5, 0.6) is 0 Å². The minimum atomic E-state index is -5.19. The Morgan fingerprint density at radius 2 is 1.89 bits per heavy atom. The van der Waals surface area contributed by atoms with Gasteiger partial charge in [-0.1, -0.05) is 31.7 Å². The van der Waals surface area contributed by atoms with Crippen molar-refractivity contribution in [3.8, 4) is 0 Å². The summed E-state index contributed by atoms with van der Waals surface area (Å²) in [4.78, 5) is 11.7. The summed E-state index contributed by atoms with van der Waals surface area (Å²) in [5, 5.41) is 17.7. The average Bonchev–Trinajstić information content (AvgIpc) is 3.07. The lowest BCUT2D eigenvalue weighted by Crippen LogP contribution is -2.37. The molecule has 0 N–H and O–H groups in total. The molecule has 11 heteroatoms. The first-order valence-corrected chi connectivity index (χ1v) is 9.51. The monoisotopic (exact) mass is 408 g/mol. The first-order valence-electron chi connectivity index (χ1n) is 8.10. The molecule has 0 saturated heterocycles. The Hall–Kier alpha value is -2.19. The van der Waals surface area contributed by atoms with E-state index in [1.807, 2.05) is 0 Å². The maximum Gasteiger partial charge on any atom is 0.430 e. The largest absolute Gasteiger partial charge is 0.542 e. The normalized spacial score (nSPS) is 14.9. The van der Waals surface area contributed by atoms with E-state index in [0.717, 1.165) is 24.8 Å². The van der Waals surface area contributed by atoms with Crippen LogP contribution < -0.4 is 5.11 Å². The summed E-state index contributed by atoms with van der Waals surface area (Å²) in [5.74, 6) is -2.43. The molecule has 150 valence electrons. The number of hydrogen-bond acceptors (Lipinski definition) is 6. The highest BCUT2D eigenvalue weighted by Gasteiger charge is 2.29. The van der Waals surface area contributed by atoms with Crippen LogP contribution in [0.3, 0.4) is 0 Å². The Morgan fingerprint density at radius 3 is 2.37 bits per heavy atom. The quantitative estimate of drug-likeness (QED) is 0.547. The predicted molar refractivity (Wildman–Crippen MR) is 86.7 cm³/mol. The lowest BCUT2D eigenvalue weighted by Gasteiger charge is -2.08. The lowest BCUT2D eigenvalue weighted by atomic mass is 10.1. The number of halogens is 3. The highest BCUT2D eigenvalue weighted by Crippen LogP contribution is 2.29. The third kappa shape index (κ3) is 7.52. The van der Waals surface area contributed by atoms with Gasteiger partial charge in [-0.15, -0.1) is 0 Å². The first kappa shape index (κ1) is 22.9. The van der Waals surface area contributed by atoms with Crippen molar-refractivity contribution in [3.63, 3.8) is 0 Å². The highest BCUT2D eigenvalue weighted by atomic mass is 32.2. The number of aliphatic carboxylic acids is 1. The van der Waals surface area contributed by atoms with Crippen LogP contribution in [-0.4, -0.2) is 27.2 Å². The first-order chi connectivity index (χ1) is 12.5. The zero-order chi connectivity index (χ0) is 20.7. The second-order valence-electron chi connectivity index (χ2n) is 6.07.